The molecule has 9 heteroatoms. The molecule has 4 rings (SSSR count). The van der Waals surface area contributed by atoms with Crippen molar-refractivity contribution >= 4 is 23.3 Å². The summed E-state index contributed by atoms with van der Waals surface area (Å²) in [7, 11) is 0. The molecule has 0 radical (unpaired) electrons. The minimum atomic E-state index is -0.842. The summed E-state index contributed by atoms with van der Waals surface area (Å²) in [5, 5.41) is 6.98. The van der Waals surface area contributed by atoms with Crippen molar-refractivity contribution in [3.63, 3.8) is 0 Å². The van der Waals surface area contributed by atoms with Gasteiger partial charge in [-0.25, -0.2) is 13.6 Å². The first-order valence-corrected chi connectivity index (χ1v) is 9.01. The standard InChI is InChI=1S/C19H15ClF2N4O2/c20-12-4-1-3-11(9-12)17-24-18(28-25-17)16-5-2-8-26(16)19(27)23-15-7-6-13(21)10-14(15)22/h1,3-4,6-7,9-10,16H,2,5,8H2,(H,23,27)/t16-/m1/s1. The zero-order valence-corrected chi connectivity index (χ0v) is 15.3. The summed E-state index contributed by atoms with van der Waals surface area (Å²) in [6, 6.07) is 9.06. The first kappa shape index (κ1) is 18.4. The lowest BCUT2D eigenvalue weighted by Gasteiger charge is -2.22. The zero-order valence-electron chi connectivity index (χ0n) is 14.5. The molecule has 28 heavy (non-hydrogen) atoms. The summed E-state index contributed by atoms with van der Waals surface area (Å²) in [6.45, 7) is 0.453. The molecule has 1 N–H and O–H groups in total. The molecular weight excluding hydrogens is 390 g/mol. The molecule has 1 aliphatic rings. The fourth-order valence-electron chi connectivity index (χ4n) is 3.16. The van der Waals surface area contributed by atoms with Crippen molar-refractivity contribution < 1.29 is 18.1 Å². The van der Waals surface area contributed by atoms with E-state index in [2.05, 4.69) is 15.5 Å². The number of rotatable bonds is 3. The fourth-order valence-corrected chi connectivity index (χ4v) is 3.35. The van der Waals surface area contributed by atoms with E-state index in [0.717, 1.165) is 12.5 Å². The molecule has 0 saturated carbocycles. The van der Waals surface area contributed by atoms with Gasteiger partial charge < -0.3 is 14.7 Å². The highest BCUT2D eigenvalue weighted by atomic mass is 35.5. The normalized spacial score (nSPS) is 16.4. The van der Waals surface area contributed by atoms with E-state index < -0.39 is 23.7 Å². The zero-order chi connectivity index (χ0) is 19.7. The SMILES string of the molecule is O=C(Nc1ccc(F)cc1F)N1CCC[C@@H]1c1nc(-c2cccc(Cl)c2)no1. The molecule has 0 bridgehead atoms. The first-order chi connectivity index (χ1) is 13.5. The molecule has 1 atom stereocenters. The molecule has 1 fully saturated rings. The van der Waals surface area contributed by atoms with Gasteiger partial charge in [0.2, 0.25) is 11.7 Å². The Balaban J connectivity index is 1.53. The van der Waals surface area contributed by atoms with Crippen molar-refractivity contribution in [2.75, 3.05) is 11.9 Å². The van der Waals surface area contributed by atoms with Gasteiger partial charge in [0.25, 0.3) is 0 Å². The van der Waals surface area contributed by atoms with E-state index in [1.54, 1.807) is 24.3 Å². The van der Waals surface area contributed by atoms with E-state index in [-0.39, 0.29) is 5.69 Å². The second-order valence-corrected chi connectivity index (χ2v) is 6.81. The summed E-state index contributed by atoms with van der Waals surface area (Å²) >= 11 is 5.99. The average Bonchev–Trinajstić information content (AvgIpc) is 3.33. The molecule has 2 aromatic carbocycles. The quantitative estimate of drug-likeness (QED) is 0.664. The fraction of sp³-hybridized carbons (Fsp3) is 0.211. The highest BCUT2D eigenvalue weighted by Gasteiger charge is 2.34. The van der Waals surface area contributed by atoms with Gasteiger partial charge in [-0.3, -0.25) is 0 Å². The van der Waals surface area contributed by atoms with Crippen LogP contribution in [0.15, 0.2) is 47.0 Å². The van der Waals surface area contributed by atoms with Crippen molar-refractivity contribution in [1.82, 2.24) is 15.0 Å². The molecular formula is C19H15ClF2N4O2. The minimum absolute atomic E-state index is 0.0952. The van der Waals surface area contributed by atoms with Crippen LogP contribution in [0, 0.1) is 11.6 Å². The number of benzene rings is 2. The lowest BCUT2D eigenvalue weighted by molar-refractivity contribution is 0.193. The number of nitrogens with one attached hydrogen (secondary N) is 1. The number of carbonyl (C=O) groups excluding carboxylic acids is 1. The number of aromatic nitrogens is 2. The van der Waals surface area contributed by atoms with Crippen LogP contribution in [0.3, 0.4) is 0 Å². The largest absolute Gasteiger partial charge is 0.337 e. The number of nitrogens with zero attached hydrogens (tertiary/aromatic N) is 3. The predicted molar refractivity (Wildman–Crippen MR) is 98.8 cm³/mol. The summed E-state index contributed by atoms with van der Waals surface area (Å²) in [6.07, 6.45) is 1.37. The maximum atomic E-state index is 13.8. The van der Waals surface area contributed by atoms with Crippen LogP contribution >= 0.6 is 11.6 Å². The topological polar surface area (TPSA) is 71.3 Å². The molecule has 0 spiro atoms. The van der Waals surface area contributed by atoms with Crippen LogP contribution in [0.5, 0.6) is 0 Å². The van der Waals surface area contributed by atoms with E-state index >= 15 is 0 Å². The third-order valence-electron chi connectivity index (χ3n) is 4.50. The molecule has 3 aromatic rings. The molecule has 1 aliphatic heterocycles. The smallest absolute Gasteiger partial charge is 0.322 e. The van der Waals surface area contributed by atoms with E-state index in [1.807, 2.05) is 0 Å². The average molecular weight is 405 g/mol. The molecule has 0 unspecified atom stereocenters. The lowest BCUT2D eigenvalue weighted by atomic mass is 10.2. The van der Waals surface area contributed by atoms with Gasteiger partial charge in [-0.15, -0.1) is 0 Å². The highest BCUT2D eigenvalue weighted by Crippen LogP contribution is 2.33. The molecule has 0 aliphatic carbocycles. The summed E-state index contributed by atoms with van der Waals surface area (Å²) in [5.74, 6) is -0.893. The number of carbonyl (C=O) groups is 1. The Kier molecular flexibility index (Phi) is 4.95. The van der Waals surface area contributed by atoms with Crippen molar-refractivity contribution in [1.29, 1.82) is 0 Å². The van der Waals surface area contributed by atoms with Gasteiger partial charge in [-0.2, -0.15) is 4.98 Å². The molecule has 144 valence electrons. The molecule has 1 aromatic heterocycles. The van der Waals surface area contributed by atoms with Crippen LogP contribution in [0.4, 0.5) is 19.3 Å². The maximum Gasteiger partial charge on any atom is 0.322 e. The second kappa shape index (κ2) is 7.55. The number of amides is 2. The van der Waals surface area contributed by atoms with Gasteiger partial charge in [0, 0.05) is 23.2 Å². The molecule has 1 saturated heterocycles. The molecule has 2 heterocycles. The summed E-state index contributed by atoms with van der Waals surface area (Å²) < 4.78 is 32.2. The first-order valence-electron chi connectivity index (χ1n) is 8.63. The summed E-state index contributed by atoms with van der Waals surface area (Å²) in [4.78, 5) is 18.5. The Hall–Kier alpha value is -3.00. The van der Waals surface area contributed by atoms with Crippen LogP contribution in [-0.2, 0) is 0 Å². The molecule has 2 amide bonds. The van der Waals surface area contributed by atoms with E-state index in [9.17, 15) is 13.6 Å². The van der Waals surface area contributed by atoms with Crippen molar-refractivity contribution in [2.45, 2.75) is 18.9 Å². The van der Waals surface area contributed by atoms with E-state index in [4.69, 9.17) is 16.1 Å². The predicted octanol–water partition coefficient (Wildman–Crippen LogP) is 5.04. The number of urea groups is 1. The van der Waals surface area contributed by atoms with Crippen LogP contribution in [-0.4, -0.2) is 27.6 Å². The number of anilines is 1. The van der Waals surface area contributed by atoms with Crippen molar-refractivity contribution in [3.8, 4) is 11.4 Å². The monoisotopic (exact) mass is 404 g/mol. The van der Waals surface area contributed by atoms with Crippen LogP contribution in [0.25, 0.3) is 11.4 Å². The third-order valence-corrected chi connectivity index (χ3v) is 4.73. The maximum absolute atomic E-state index is 13.8. The molecule has 6 nitrogen and oxygen atoms in total. The number of halogens is 3. The van der Waals surface area contributed by atoms with Gasteiger partial charge in [-0.05, 0) is 37.1 Å². The summed E-state index contributed by atoms with van der Waals surface area (Å²) in [5.41, 5.74) is 0.604. The second-order valence-electron chi connectivity index (χ2n) is 6.37. The van der Waals surface area contributed by atoms with Gasteiger partial charge in [0.05, 0.1) is 5.69 Å². The van der Waals surface area contributed by atoms with Crippen LogP contribution < -0.4 is 5.32 Å². The number of hydrogen-bond donors (Lipinski definition) is 1. The lowest BCUT2D eigenvalue weighted by Crippen LogP contribution is -2.34. The van der Waals surface area contributed by atoms with Crippen molar-refractivity contribution in [3.05, 3.63) is 65.0 Å². The van der Waals surface area contributed by atoms with Crippen molar-refractivity contribution in [2.24, 2.45) is 0 Å². The Bertz CT molecular complexity index is 1030. The highest BCUT2D eigenvalue weighted by molar-refractivity contribution is 6.30. The number of hydrogen-bond acceptors (Lipinski definition) is 4. The number of likely N-dealkylation sites (tertiary alicyclic amines) is 1. The Morgan fingerprint density at radius 2 is 2.11 bits per heavy atom. The van der Waals surface area contributed by atoms with Crippen LogP contribution in [0.1, 0.15) is 24.8 Å². The third kappa shape index (κ3) is 3.68. The minimum Gasteiger partial charge on any atom is -0.337 e. The van der Waals surface area contributed by atoms with Gasteiger partial charge in [0.15, 0.2) is 0 Å². The Morgan fingerprint density at radius 1 is 1.25 bits per heavy atom. The van der Waals surface area contributed by atoms with Gasteiger partial charge >= 0.3 is 6.03 Å². The van der Waals surface area contributed by atoms with Gasteiger partial charge in [0.1, 0.15) is 17.7 Å². The van der Waals surface area contributed by atoms with E-state index in [0.29, 0.717) is 41.3 Å². The Labute approximate surface area is 164 Å². The van der Waals surface area contributed by atoms with Gasteiger partial charge in [-0.1, -0.05) is 28.9 Å². The Morgan fingerprint density at radius 3 is 2.89 bits per heavy atom. The van der Waals surface area contributed by atoms with Crippen LogP contribution in [0.2, 0.25) is 5.02 Å². The van der Waals surface area contributed by atoms with E-state index in [1.165, 1.54) is 11.0 Å².